The summed E-state index contributed by atoms with van der Waals surface area (Å²) in [5, 5.41) is 36.8. The number of carbonyl (C=O) groups is 3. The number of piperidine rings is 3. The van der Waals surface area contributed by atoms with E-state index in [1.807, 2.05) is 29.2 Å². The monoisotopic (exact) mass is 697 g/mol. The van der Waals surface area contributed by atoms with E-state index in [-0.39, 0.29) is 43.4 Å². The number of carboxylic acid groups (broad SMARTS) is 1. The maximum Gasteiger partial charge on any atom is 0.322 e. The number of anilines is 1. The van der Waals surface area contributed by atoms with Gasteiger partial charge in [-0.3, -0.25) is 9.38 Å². The molecule has 2 unspecified atom stereocenters. The minimum atomic E-state index is -1.25. The third-order valence-electron chi connectivity index (χ3n) is 11.1. The second kappa shape index (κ2) is 13.6. The molecule has 3 fully saturated rings. The molecule has 0 radical (unpaired) electrons. The molecule has 0 bridgehead atoms. The second-order valence-electron chi connectivity index (χ2n) is 13.4. The summed E-state index contributed by atoms with van der Waals surface area (Å²) < 4.78 is 0.000969. The van der Waals surface area contributed by atoms with Crippen LogP contribution in [0.25, 0.3) is 0 Å². The first kappa shape index (κ1) is 32.9. The van der Waals surface area contributed by atoms with Crippen molar-refractivity contribution >= 4 is 40.0 Å². The van der Waals surface area contributed by atoms with E-state index in [1.54, 1.807) is 18.2 Å². The lowest BCUT2D eigenvalue weighted by Gasteiger charge is -2.62. The summed E-state index contributed by atoms with van der Waals surface area (Å²) in [5.74, 6) is 0.0575. The third-order valence-corrected chi connectivity index (χ3v) is 11.7. The molecular formula is C34H44BrN5O6. The first-order chi connectivity index (χ1) is 22.2. The number of rotatable bonds is 7. The van der Waals surface area contributed by atoms with Crippen LogP contribution in [-0.2, 0) is 17.8 Å². The van der Waals surface area contributed by atoms with Crippen molar-refractivity contribution in [3.63, 3.8) is 0 Å². The van der Waals surface area contributed by atoms with E-state index in [0.29, 0.717) is 55.0 Å². The molecule has 12 heteroatoms. The van der Waals surface area contributed by atoms with Crippen LogP contribution in [0.2, 0.25) is 0 Å². The maximum atomic E-state index is 13.7. The Balaban J connectivity index is 1.35. The third kappa shape index (κ3) is 6.17. The van der Waals surface area contributed by atoms with Crippen LogP contribution >= 0.6 is 15.9 Å². The van der Waals surface area contributed by atoms with Gasteiger partial charge >= 0.3 is 6.03 Å². The molecule has 0 spiro atoms. The molecule has 46 heavy (non-hydrogen) atoms. The number of quaternary nitrogens is 1. The van der Waals surface area contributed by atoms with Crippen molar-refractivity contribution in [2.24, 2.45) is 0 Å². The second-order valence-corrected chi connectivity index (χ2v) is 14.3. The lowest BCUT2D eigenvalue weighted by Crippen LogP contribution is -2.80. The van der Waals surface area contributed by atoms with Crippen LogP contribution in [0.4, 0.5) is 15.3 Å². The lowest BCUT2D eigenvalue weighted by molar-refractivity contribution is -0.956. The molecule has 2 aromatic rings. The largest absolute Gasteiger partial charge is 0.507 e. The molecular weight excluding hydrogens is 654 g/mol. The van der Waals surface area contributed by atoms with Crippen molar-refractivity contribution in [2.45, 2.75) is 81.8 Å². The Kier molecular flexibility index (Phi) is 9.73. The minimum Gasteiger partial charge on any atom is -0.507 e. The average Bonchev–Trinajstić information content (AvgIpc) is 3.22. The van der Waals surface area contributed by atoms with Gasteiger partial charge in [-0.05, 0) is 77.9 Å². The van der Waals surface area contributed by atoms with Crippen LogP contribution in [0, 0.1) is 0 Å². The number of benzene rings is 2. The number of phenols is 1. The minimum absolute atomic E-state index is 0.0208. The highest BCUT2D eigenvalue weighted by Crippen LogP contribution is 2.46. The van der Waals surface area contributed by atoms with Crippen molar-refractivity contribution < 1.29 is 34.2 Å². The Labute approximate surface area is 278 Å². The van der Waals surface area contributed by atoms with Crippen molar-refractivity contribution in [1.82, 2.24) is 14.7 Å². The van der Waals surface area contributed by atoms with Gasteiger partial charge in [0.2, 0.25) is 0 Å². The molecule has 248 valence electrons. The van der Waals surface area contributed by atoms with Gasteiger partial charge in [-0.2, -0.15) is 0 Å². The Morgan fingerprint density at radius 3 is 2.48 bits per heavy atom. The summed E-state index contributed by atoms with van der Waals surface area (Å²) in [6, 6.07) is 12.6. The maximum absolute atomic E-state index is 13.7. The van der Waals surface area contributed by atoms with Gasteiger partial charge in [-0.1, -0.05) is 18.2 Å². The number of phenolic OH excluding ortho intramolecular Hbond substituents is 1. The predicted molar refractivity (Wildman–Crippen MR) is 174 cm³/mol. The zero-order valence-electron chi connectivity index (χ0n) is 26.2. The quantitative estimate of drug-likeness (QED) is 0.296. The molecule has 3 atom stereocenters. The number of hydrogen-bond acceptors (Lipinski definition) is 8. The summed E-state index contributed by atoms with van der Waals surface area (Å²) in [7, 11) is 0. The highest BCUT2D eigenvalue weighted by Gasteiger charge is 2.61. The number of nitrogens with one attached hydrogen (secondary N) is 1. The number of aldehydes is 1. The molecule has 4 aliphatic heterocycles. The van der Waals surface area contributed by atoms with Gasteiger partial charge in [0, 0.05) is 68.9 Å². The lowest BCUT2D eigenvalue weighted by atomic mass is 9.81. The Hall–Kier alpha value is -3.03. The number of fused-ring (bicyclic) bond motifs is 1. The van der Waals surface area contributed by atoms with Gasteiger partial charge in [0.25, 0.3) is 6.09 Å². The predicted octanol–water partition coefficient (Wildman–Crippen LogP) is 3.27. The van der Waals surface area contributed by atoms with Gasteiger partial charge in [0.1, 0.15) is 18.6 Å². The Morgan fingerprint density at radius 1 is 1.04 bits per heavy atom. The normalized spacial score (nSPS) is 28.7. The fraction of sp³-hybridized carbons (Fsp3) is 0.559. The highest BCUT2D eigenvalue weighted by atomic mass is 79.9. The molecule has 0 aromatic heterocycles. The zero-order chi connectivity index (χ0) is 32.5. The number of para-hydroxylation sites is 1. The first-order valence-electron chi connectivity index (χ1n) is 16.5. The van der Waals surface area contributed by atoms with Crippen LogP contribution in [0.3, 0.4) is 0 Å². The molecule has 11 nitrogen and oxygen atoms in total. The topological polar surface area (TPSA) is 136 Å². The summed E-state index contributed by atoms with van der Waals surface area (Å²) in [4.78, 5) is 46.4. The van der Waals surface area contributed by atoms with Crippen LogP contribution in [0.5, 0.6) is 5.75 Å². The van der Waals surface area contributed by atoms with Crippen LogP contribution in [0.1, 0.15) is 56.1 Å². The molecule has 2 aromatic carbocycles. The van der Waals surface area contributed by atoms with E-state index >= 15 is 0 Å². The SMILES string of the molecule is O=CCC1(N2CCC(N3CCC(O)CC3)CC2)CC(N2CCc3ccccc3NC2=O)CC[N@+]1(Cc1ccc(O)c(Br)c1)C(=O)[O-]. The van der Waals surface area contributed by atoms with E-state index in [4.69, 9.17) is 0 Å². The molecule has 6 rings (SSSR count). The van der Waals surface area contributed by atoms with Gasteiger partial charge < -0.3 is 40.0 Å². The van der Waals surface area contributed by atoms with E-state index in [2.05, 4.69) is 31.0 Å². The summed E-state index contributed by atoms with van der Waals surface area (Å²) >= 11 is 3.38. The van der Waals surface area contributed by atoms with Crippen molar-refractivity contribution in [2.75, 3.05) is 44.6 Å². The van der Waals surface area contributed by atoms with E-state index < -0.39 is 16.2 Å². The number of aromatic hydroxyl groups is 1. The number of urea groups is 1. The Bertz CT molecular complexity index is 1440. The molecule has 3 amide bonds. The van der Waals surface area contributed by atoms with Crippen LogP contribution in [-0.4, -0.2) is 111 Å². The fourth-order valence-electron chi connectivity index (χ4n) is 8.57. The van der Waals surface area contributed by atoms with E-state index in [9.17, 15) is 29.7 Å². The van der Waals surface area contributed by atoms with Gasteiger partial charge in [0.05, 0.1) is 23.5 Å². The van der Waals surface area contributed by atoms with E-state index in [0.717, 1.165) is 56.3 Å². The van der Waals surface area contributed by atoms with Crippen molar-refractivity contribution in [3.8, 4) is 5.75 Å². The number of hydrogen-bond donors (Lipinski definition) is 3. The van der Waals surface area contributed by atoms with Crippen LogP contribution < -0.4 is 10.4 Å². The van der Waals surface area contributed by atoms with E-state index in [1.165, 1.54) is 0 Å². The number of halogens is 1. The molecule has 4 aliphatic rings. The summed E-state index contributed by atoms with van der Waals surface area (Å²) in [5.41, 5.74) is 1.39. The number of aliphatic hydroxyl groups is 1. The summed E-state index contributed by atoms with van der Waals surface area (Å²) in [6.45, 7) is 3.64. The first-order valence-corrected chi connectivity index (χ1v) is 17.3. The van der Waals surface area contributed by atoms with Crippen LogP contribution in [0.15, 0.2) is 46.9 Å². The molecule has 0 saturated carbocycles. The summed E-state index contributed by atoms with van der Waals surface area (Å²) in [6.07, 6.45) is 3.88. The molecule has 4 heterocycles. The van der Waals surface area contributed by atoms with Gasteiger partial charge in [-0.25, -0.2) is 4.79 Å². The number of likely N-dealkylation sites (tertiary alicyclic amines) is 3. The molecule has 0 aliphatic carbocycles. The standard InChI is InChI=1S/C34H44BrN5O6/c35-29-21-24(5-6-31(29)43)23-40(33(45)46)19-12-27(39-18-7-25-3-1-2-4-30(25)36-32(39)44)22-34(40,13-20-41)38-16-8-26(9-17-38)37-14-10-28(42)11-15-37/h1-6,20-21,26-28,42H,7-19,22-23H2,(H2-,36,43,44,45,46)/t27?,34?,40-/m0/s1. The van der Waals surface area contributed by atoms with Crippen molar-refractivity contribution in [1.29, 1.82) is 0 Å². The number of amides is 3. The van der Waals surface area contributed by atoms with Gasteiger partial charge in [-0.15, -0.1) is 0 Å². The smallest absolute Gasteiger partial charge is 0.322 e. The molecule has 3 saturated heterocycles. The Morgan fingerprint density at radius 2 is 1.78 bits per heavy atom. The fourth-order valence-corrected chi connectivity index (χ4v) is 8.99. The number of carbonyl (C=O) groups excluding carboxylic acids is 3. The number of aliphatic hydroxyl groups excluding tert-OH is 1. The average molecular weight is 699 g/mol. The zero-order valence-corrected chi connectivity index (χ0v) is 27.7. The highest BCUT2D eigenvalue weighted by molar-refractivity contribution is 9.10. The number of nitrogens with zero attached hydrogens (tertiary/aromatic N) is 4. The molecule has 3 N–H and O–H groups in total. The van der Waals surface area contributed by atoms with Gasteiger partial charge in [0.15, 0.2) is 5.66 Å². The van der Waals surface area contributed by atoms with Crippen molar-refractivity contribution in [3.05, 3.63) is 58.1 Å².